The third kappa shape index (κ3) is 8.85. The van der Waals surface area contributed by atoms with Crippen molar-refractivity contribution in [2.24, 2.45) is 10.7 Å². The molecule has 7 heteroatoms. The third-order valence-electron chi connectivity index (χ3n) is 3.11. The van der Waals surface area contributed by atoms with Crippen LogP contribution < -0.4 is 20.5 Å². The summed E-state index contributed by atoms with van der Waals surface area (Å²) in [6.07, 6.45) is 2.02. The predicted octanol–water partition coefficient (Wildman–Crippen LogP) is 2.54. The molecule has 0 atom stereocenters. The second-order valence-corrected chi connectivity index (χ2v) is 4.72. The Morgan fingerprint density at radius 2 is 1.91 bits per heavy atom. The molecule has 1 aromatic carbocycles. The highest BCUT2D eigenvalue weighted by atomic mass is 127. The molecule has 0 unspecified atom stereocenters. The van der Waals surface area contributed by atoms with Gasteiger partial charge in [-0.3, -0.25) is 0 Å². The number of rotatable bonds is 10. The summed E-state index contributed by atoms with van der Waals surface area (Å²) in [4.78, 5) is 4.31. The highest BCUT2D eigenvalue weighted by molar-refractivity contribution is 14.0. The first kappa shape index (κ1) is 21.8. The number of benzene rings is 1. The van der Waals surface area contributed by atoms with Gasteiger partial charge in [-0.05, 0) is 37.5 Å². The minimum Gasteiger partial charge on any atom is -0.493 e. The molecule has 0 saturated heterocycles. The van der Waals surface area contributed by atoms with Crippen LogP contribution in [0.2, 0.25) is 0 Å². The quantitative estimate of drug-likeness (QED) is 0.255. The minimum absolute atomic E-state index is 0. The predicted molar refractivity (Wildman–Crippen MR) is 104 cm³/mol. The molecule has 0 aliphatic heterocycles. The number of nitrogens with one attached hydrogen (secondary N) is 1. The molecule has 0 aliphatic rings. The van der Waals surface area contributed by atoms with Crippen molar-refractivity contribution in [3.05, 3.63) is 23.8 Å². The summed E-state index contributed by atoms with van der Waals surface area (Å²) in [6, 6.07) is 5.71. The lowest BCUT2D eigenvalue weighted by molar-refractivity contribution is 0.143. The van der Waals surface area contributed by atoms with Crippen LogP contribution in [0.15, 0.2) is 23.2 Å². The topological polar surface area (TPSA) is 78.1 Å². The van der Waals surface area contributed by atoms with Gasteiger partial charge in [0.2, 0.25) is 0 Å². The maximum Gasteiger partial charge on any atom is 0.188 e. The van der Waals surface area contributed by atoms with Gasteiger partial charge in [-0.15, -0.1) is 24.0 Å². The molecule has 0 aliphatic carbocycles. The Balaban J connectivity index is 0.00000484. The van der Waals surface area contributed by atoms with Crippen molar-refractivity contribution in [3.63, 3.8) is 0 Å². The summed E-state index contributed by atoms with van der Waals surface area (Å²) in [5.74, 6) is 1.85. The fourth-order valence-corrected chi connectivity index (χ4v) is 1.90. The number of nitrogens with two attached hydrogens (primary N) is 1. The van der Waals surface area contributed by atoms with Crippen LogP contribution in [0.5, 0.6) is 11.5 Å². The van der Waals surface area contributed by atoms with Gasteiger partial charge in [0.15, 0.2) is 17.5 Å². The van der Waals surface area contributed by atoms with E-state index in [1.807, 2.05) is 25.1 Å². The Labute approximate surface area is 155 Å². The van der Waals surface area contributed by atoms with Crippen LogP contribution in [0.4, 0.5) is 0 Å². The molecule has 3 N–H and O–H groups in total. The zero-order chi connectivity index (χ0) is 16.2. The second kappa shape index (κ2) is 13.2. The van der Waals surface area contributed by atoms with Gasteiger partial charge in [-0.1, -0.05) is 6.07 Å². The van der Waals surface area contributed by atoms with E-state index in [0.29, 0.717) is 24.0 Å². The maximum atomic E-state index is 5.84. The molecular weight excluding hydrogens is 409 g/mol. The summed E-state index contributed by atoms with van der Waals surface area (Å²) in [5, 5.41) is 3.10. The molecule has 0 aromatic heterocycles. The van der Waals surface area contributed by atoms with Gasteiger partial charge in [-0.2, -0.15) is 0 Å². The van der Waals surface area contributed by atoms with E-state index in [2.05, 4.69) is 10.3 Å². The molecule has 0 radical (unpaired) electrons. The maximum absolute atomic E-state index is 5.84. The standard InChI is InChI=1S/C16H27N3O3.HI/c1-4-22-10-6-5-9-18-16(17)19-12-13-7-8-14(20-2)15(11-13)21-3;/h7-8,11H,4-6,9-10,12H2,1-3H3,(H3,17,18,19);1H. The minimum atomic E-state index is 0. The Hall–Kier alpha value is -1.22. The van der Waals surface area contributed by atoms with E-state index in [1.165, 1.54) is 0 Å². The van der Waals surface area contributed by atoms with E-state index in [0.717, 1.165) is 38.2 Å². The molecule has 0 bridgehead atoms. The molecular formula is C16H28IN3O3. The van der Waals surface area contributed by atoms with Gasteiger partial charge in [0.1, 0.15) is 0 Å². The lowest BCUT2D eigenvalue weighted by atomic mass is 10.2. The first-order chi connectivity index (χ1) is 10.7. The zero-order valence-electron chi connectivity index (χ0n) is 14.1. The number of hydrogen-bond donors (Lipinski definition) is 2. The van der Waals surface area contributed by atoms with Crippen LogP contribution in [0.25, 0.3) is 0 Å². The summed E-state index contributed by atoms with van der Waals surface area (Å²) in [7, 11) is 3.23. The number of methoxy groups -OCH3 is 2. The number of hydrogen-bond acceptors (Lipinski definition) is 4. The Morgan fingerprint density at radius 1 is 1.17 bits per heavy atom. The lowest BCUT2D eigenvalue weighted by Crippen LogP contribution is -2.32. The van der Waals surface area contributed by atoms with E-state index in [4.69, 9.17) is 19.9 Å². The van der Waals surface area contributed by atoms with Crippen molar-refractivity contribution in [1.29, 1.82) is 0 Å². The van der Waals surface area contributed by atoms with Crippen molar-refractivity contribution < 1.29 is 14.2 Å². The first-order valence-electron chi connectivity index (χ1n) is 7.53. The van der Waals surface area contributed by atoms with Gasteiger partial charge in [-0.25, -0.2) is 4.99 Å². The Bertz CT molecular complexity index is 470. The summed E-state index contributed by atoms with van der Waals surface area (Å²) in [6.45, 7) is 4.85. The lowest BCUT2D eigenvalue weighted by Gasteiger charge is -2.09. The average molecular weight is 437 g/mol. The van der Waals surface area contributed by atoms with Crippen LogP contribution in [0, 0.1) is 0 Å². The number of nitrogens with zero attached hydrogens (tertiary/aromatic N) is 1. The number of ether oxygens (including phenoxy) is 3. The second-order valence-electron chi connectivity index (χ2n) is 4.72. The van der Waals surface area contributed by atoms with Crippen LogP contribution in [0.3, 0.4) is 0 Å². The summed E-state index contributed by atoms with van der Waals surface area (Å²) >= 11 is 0. The smallest absolute Gasteiger partial charge is 0.188 e. The number of aliphatic imine (C=N–C) groups is 1. The van der Waals surface area contributed by atoms with Crippen molar-refractivity contribution >= 4 is 29.9 Å². The van der Waals surface area contributed by atoms with Crippen molar-refractivity contribution in [3.8, 4) is 11.5 Å². The van der Waals surface area contributed by atoms with Crippen LogP contribution in [0.1, 0.15) is 25.3 Å². The normalized spacial score (nSPS) is 10.8. The van der Waals surface area contributed by atoms with Crippen molar-refractivity contribution in [2.75, 3.05) is 34.0 Å². The number of guanidine groups is 1. The highest BCUT2D eigenvalue weighted by Crippen LogP contribution is 2.27. The van der Waals surface area contributed by atoms with Crippen LogP contribution in [-0.4, -0.2) is 39.9 Å². The molecule has 0 amide bonds. The van der Waals surface area contributed by atoms with Gasteiger partial charge < -0.3 is 25.3 Å². The Kier molecular flexibility index (Phi) is 12.5. The highest BCUT2D eigenvalue weighted by Gasteiger charge is 2.04. The van der Waals surface area contributed by atoms with Gasteiger partial charge in [0, 0.05) is 19.8 Å². The molecule has 1 aromatic rings. The van der Waals surface area contributed by atoms with Crippen LogP contribution in [-0.2, 0) is 11.3 Å². The molecule has 0 heterocycles. The molecule has 132 valence electrons. The monoisotopic (exact) mass is 437 g/mol. The largest absolute Gasteiger partial charge is 0.493 e. The van der Waals surface area contributed by atoms with Gasteiger partial charge in [0.25, 0.3) is 0 Å². The molecule has 0 saturated carbocycles. The average Bonchev–Trinajstić information content (AvgIpc) is 2.55. The fourth-order valence-electron chi connectivity index (χ4n) is 1.90. The molecule has 1 rings (SSSR count). The first-order valence-corrected chi connectivity index (χ1v) is 7.53. The van der Waals surface area contributed by atoms with Crippen LogP contribution >= 0.6 is 24.0 Å². The Morgan fingerprint density at radius 3 is 2.57 bits per heavy atom. The molecule has 0 fully saturated rings. The van der Waals surface area contributed by atoms with E-state index < -0.39 is 0 Å². The zero-order valence-corrected chi connectivity index (χ0v) is 16.5. The van der Waals surface area contributed by atoms with Gasteiger partial charge >= 0.3 is 0 Å². The number of halogens is 1. The van der Waals surface area contributed by atoms with Crippen molar-refractivity contribution in [2.45, 2.75) is 26.3 Å². The SMILES string of the molecule is CCOCCCCNC(N)=NCc1ccc(OC)c(OC)c1.I. The van der Waals surface area contributed by atoms with E-state index in [-0.39, 0.29) is 24.0 Å². The summed E-state index contributed by atoms with van der Waals surface area (Å²) in [5.41, 5.74) is 6.85. The van der Waals surface area contributed by atoms with Gasteiger partial charge in [0.05, 0.1) is 20.8 Å². The third-order valence-corrected chi connectivity index (χ3v) is 3.11. The summed E-state index contributed by atoms with van der Waals surface area (Å²) < 4.78 is 15.7. The molecule has 23 heavy (non-hydrogen) atoms. The molecule has 6 nitrogen and oxygen atoms in total. The van der Waals surface area contributed by atoms with Crippen molar-refractivity contribution in [1.82, 2.24) is 5.32 Å². The fraction of sp³-hybridized carbons (Fsp3) is 0.562. The number of unbranched alkanes of at least 4 members (excludes halogenated alkanes) is 1. The van der Waals surface area contributed by atoms with E-state index in [1.54, 1.807) is 14.2 Å². The molecule has 0 spiro atoms. The van der Waals surface area contributed by atoms with E-state index in [9.17, 15) is 0 Å². The van der Waals surface area contributed by atoms with E-state index >= 15 is 0 Å².